The van der Waals surface area contributed by atoms with E-state index in [2.05, 4.69) is 27.0 Å². The van der Waals surface area contributed by atoms with Crippen LogP contribution in [0.25, 0.3) is 42.7 Å². The molecule has 1 saturated heterocycles. The maximum Gasteiger partial charge on any atom is 0.246 e. The highest BCUT2D eigenvalue weighted by Gasteiger charge is 2.44. The lowest BCUT2D eigenvalue weighted by Gasteiger charge is -2.35. The fourth-order valence-electron chi connectivity index (χ4n) is 7.58. The molecule has 5 aromatic heterocycles. The Bertz CT molecular complexity index is 2830. The van der Waals surface area contributed by atoms with E-state index in [1.807, 2.05) is 104 Å². The SMILES string of the molecule is CNc1c(-c2cn3c(n2)sc2cc(OCCOCC(=O)N[C@H](C(=O)N4C[C@H](O)C[C@H]4C(=O)NCc4ccc(-c5scnc5C)cc4)C(C)(C)C)ccc23)nc2cc(C#N)ccn12. The number of aliphatic hydroxyl groups excluding tert-OH is 1. The number of thiazole rings is 2. The first-order valence-electron chi connectivity index (χ1n) is 20.1. The van der Waals surface area contributed by atoms with Crippen molar-refractivity contribution in [2.24, 2.45) is 5.41 Å². The summed E-state index contributed by atoms with van der Waals surface area (Å²) in [5, 5.41) is 28.8. The Morgan fingerprint density at radius 3 is 2.60 bits per heavy atom. The van der Waals surface area contributed by atoms with Crippen LogP contribution in [0.4, 0.5) is 5.82 Å². The number of aliphatic hydroxyl groups is 1. The summed E-state index contributed by atoms with van der Waals surface area (Å²) in [5.74, 6) is 0.0899. The number of likely N-dealkylation sites (tertiary alicyclic amines) is 1. The number of nitrogens with zero attached hydrogens (tertiary/aromatic N) is 7. The Morgan fingerprint density at radius 2 is 1.87 bits per heavy atom. The smallest absolute Gasteiger partial charge is 0.246 e. The second-order valence-corrected chi connectivity index (χ2v) is 18.0. The van der Waals surface area contributed by atoms with Crippen molar-refractivity contribution in [3.8, 4) is 33.6 Å². The number of amides is 3. The third kappa shape index (κ3) is 8.70. The van der Waals surface area contributed by atoms with E-state index < -0.39 is 35.4 Å². The number of carbonyl (C=O) groups is 3. The van der Waals surface area contributed by atoms with Gasteiger partial charge in [-0.1, -0.05) is 56.4 Å². The van der Waals surface area contributed by atoms with Crippen molar-refractivity contribution in [2.75, 3.05) is 38.7 Å². The van der Waals surface area contributed by atoms with Crippen LogP contribution in [0, 0.1) is 23.7 Å². The monoisotopic (exact) mass is 874 g/mol. The molecule has 0 radical (unpaired) electrons. The molecule has 8 rings (SSSR count). The molecule has 320 valence electrons. The maximum atomic E-state index is 14.0. The number of hydrogen-bond donors (Lipinski definition) is 4. The van der Waals surface area contributed by atoms with E-state index in [0.717, 1.165) is 42.7 Å². The highest BCUT2D eigenvalue weighted by molar-refractivity contribution is 7.23. The molecule has 0 saturated carbocycles. The molecule has 0 spiro atoms. The average molecular weight is 875 g/mol. The molecule has 2 aromatic carbocycles. The van der Waals surface area contributed by atoms with E-state index in [4.69, 9.17) is 19.4 Å². The van der Waals surface area contributed by atoms with E-state index in [9.17, 15) is 24.8 Å². The van der Waals surface area contributed by atoms with Gasteiger partial charge in [0.1, 0.15) is 53.9 Å². The van der Waals surface area contributed by atoms with Gasteiger partial charge in [0.05, 0.1) is 50.6 Å². The molecule has 7 aromatic rings. The largest absolute Gasteiger partial charge is 0.491 e. The first-order chi connectivity index (χ1) is 29.8. The summed E-state index contributed by atoms with van der Waals surface area (Å²) >= 11 is 3.08. The van der Waals surface area contributed by atoms with Crippen LogP contribution in [-0.4, -0.2) is 103 Å². The van der Waals surface area contributed by atoms with Crippen LogP contribution in [0.5, 0.6) is 5.75 Å². The standard InChI is InChI=1S/C44H46N10O6S2/c1-25-38(61-24-48-25)28-8-6-26(7-9-28)20-47-41(57)33-17-29(55)21-53(33)42(58)39(44(2,3)4)51-36(56)23-59-14-15-60-30-10-11-32-34(18-30)62-43-49-31(22-54(32)43)37-40(46-5)52-13-12-27(19-45)16-35(52)50-37/h6-13,16,18,22,24,29,33,39,46,55H,14-15,17,20-21,23H2,1-5H3,(H,47,57)(H,51,56)/t29-,33+,39-/m1/s1. The van der Waals surface area contributed by atoms with Gasteiger partial charge in [0, 0.05) is 39.0 Å². The fraction of sp³-hybridized carbons (Fsp3) is 0.341. The minimum Gasteiger partial charge on any atom is -0.491 e. The normalized spacial score (nSPS) is 15.9. The van der Waals surface area contributed by atoms with Crippen molar-refractivity contribution < 1.29 is 29.0 Å². The van der Waals surface area contributed by atoms with Gasteiger partial charge in [-0.15, -0.1) is 11.3 Å². The second kappa shape index (κ2) is 17.5. The molecular weight excluding hydrogens is 829 g/mol. The number of fused-ring (bicyclic) bond motifs is 4. The lowest BCUT2D eigenvalue weighted by molar-refractivity contribution is -0.144. The third-order valence-electron chi connectivity index (χ3n) is 10.7. The number of ether oxygens (including phenoxy) is 2. The van der Waals surface area contributed by atoms with E-state index in [-0.39, 0.29) is 45.2 Å². The van der Waals surface area contributed by atoms with E-state index in [0.29, 0.717) is 28.3 Å². The number of pyridine rings is 1. The zero-order valence-electron chi connectivity index (χ0n) is 34.8. The molecule has 18 heteroatoms. The first-order valence-corrected chi connectivity index (χ1v) is 21.8. The van der Waals surface area contributed by atoms with E-state index in [1.54, 1.807) is 23.5 Å². The van der Waals surface area contributed by atoms with Crippen molar-refractivity contribution in [1.29, 1.82) is 5.26 Å². The number of carbonyl (C=O) groups excluding carboxylic acids is 3. The van der Waals surface area contributed by atoms with Gasteiger partial charge in [-0.25, -0.2) is 15.0 Å². The zero-order valence-corrected chi connectivity index (χ0v) is 36.5. The van der Waals surface area contributed by atoms with Crippen LogP contribution >= 0.6 is 22.7 Å². The van der Waals surface area contributed by atoms with Gasteiger partial charge in [0.25, 0.3) is 0 Å². The van der Waals surface area contributed by atoms with Gasteiger partial charge in [-0.05, 0) is 53.8 Å². The number of hydrogen-bond acceptors (Lipinski definition) is 13. The molecule has 0 unspecified atom stereocenters. The van der Waals surface area contributed by atoms with Gasteiger partial charge in [-0.3, -0.25) is 23.2 Å². The Morgan fingerprint density at radius 1 is 1.06 bits per heavy atom. The van der Waals surface area contributed by atoms with Crippen molar-refractivity contribution in [3.05, 3.63) is 89.3 Å². The molecule has 3 amide bonds. The Balaban J connectivity index is 0.828. The van der Waals surface area contributed by atoms with E-state index >= 15 is 0 Å². The third-order valence-corrected chi connectivity index (χ3v) is 12.7. The fourth-order valence-corrected chi connectivity index (χ4v) is 9.43. The topological polar surface area (TPSA) is 201 Å². The van der Waals surface area contributed by atoms with E-state index in [1.165, 1.54) is 16.2 Å². The predicted octanol–water partition coefficient (Wildman–Crippen LogP) is 5.41. The lowest BCUT2D eigenvalue weighted by Crippen LogP contribution is -2.58. The number of aromatic nitrogens is 5. The van der Waals surface area contributed by atoms with Crippen molar-refractivity contribution in [2.45, 2.75) is 58.8 Å². The highest BCUT2D eigenvalue weighted by Crippen LogP contribution is 2.35. The molecule has 6 heterocycles. The summed E-state index contributed by atoms with van der Waals surface area (Å²) in [7, 11) is 1.82. The summed E-state index contributed by atoms with van der Waals surface area (Å²) in [6.45, 7) is 7.69. The van der Waals surface area contributed by atoms with Gasteiger partial charge in [-0.2, -0.15) is 5.26 Å². The Kier molecular flexibility index (Phi) is 12.0. The molecule has 62 heavy (non-hydrogen) atoms. The van der Waals surface area contributed by atoms with Gasteiger partial charge in [0.2, 0.25) is 17.7 Å². The summed E-state index contributed by atoms with van der Waals surface area (Å²) in [5.41, 5.74) is 7.51. The molecule has 1 aliphatic rings. The molecule has 4 N–H and O–H groups in total. The van der Waals surface area contributed by atoms with Crippen molar-refractivity contribution in [1.82, 2.24) is 39.3 Å². The zero-order chi connectivity index (χ0) is 43.7. The minimum atomic E-state index is -0.977. The number of benzene rings is 2. The highest BCUT2D eigenvalue weighted by atomic mass is 32.1. The van der Waals surface area contributed by atoms with Crippen LogP contribution in [0.3, 0.4) is 0 Å². The molecule has 1 fully saturated rings. The van der Waals surface area contributed by atoms with Crippen LogP contribution in [0.15, 0.2) is 72.5 Å². The van der Waals surface area contributed by atoms with Crippen LogP contribution in [0.1, 0.15) is 44.0 Å². The average Bonchev–Trinajstić information content (AvgIpc) is 4.09. The van der Waals surface area contributed by atoms with Gasteiger partial charge < -0.3 is 35.4 Å². The lowest BCUT2D eigenvalue weighted by atomic mass is 9.85. The minimum absolute atomic E-state index is 0.0205. The predicted molar refractivity (Wildman–Crippen MR) is 237 cm³/mol. The number of aryl methyl sites for hydroxylation is 1. The first kappa shape index (κ1) is 42.3. The molecule has 0 bridgehead atoms. The number of nitrogens with one attached hydrogen (secondary N) is 3. The molecule has 16 nitrogen and oxygen atoms in total. The molecule has 1 aliphatic heterocycles. The van der Waals surface area contributed by atoms with Gasteiger partial charge in [0.15, 0.2) is 4.96 Å². The quantitative estimate of drug-likeness (QED) is 0.102. The van der Waals surface area contributed by atoms with Crippen molar-refractivity contribution in [3.63, 3.8) is 0 Å². The van der Waals surface area contributed by atoms with Gasteiger partial charge >= 0.3 is 0 Å². The Hall–Kier alpha value is -6.39. The summed E-state index contributed by atoms with van der Waals surface area (Å²) < 4.78 is 16.5. The number of imidazole rings is 2. The molecular formula is C44H46N10O6S2. The maximum absolute atomic E-state index is 14.0. The molecule has 3 atom stereocenters. The number of anilines is 1. The summed E-state index contributed by atoms with van der Waals surface area (Å²) in [6, 6.07) is 17.4. The van der Waals surface area contributed by atoms with Crippen LogP contribution in [-0.2, 0) is 25.7 Å². The number of rotatable bonds is 14. The Labute approximate surface area is 365 Å². The second-order valence-electron chi connectivity index (χ2n) is 16.2. The number of nitriles is 1. The summed E-state index contributed by atoms with van der Waals surface area (Å²) in [4.78, 5) is 57.7. The number of β-amino-alcohol motifs (C(OH)–C–C–N with tert-alkyl or cyclic N) is 1. The van der Waals surface area contributed by atoms with Crippen molar-refractivity contribution >= 4 is 67.0 Å². The molecule has 0 aliphatic carbocycles. The van der Waals surface area contributed by atoms with Crippen LogP contribution < -0.4 is 20.7 Å². The van der Waals surface area contributed by atoms with Crippen LogP contribution in [0.2, 0.25) is 0 Å². The summed E-state index contributed by atoms with van der Waals surface area (Å²) in [6.07, 6.45) is 2.97.